The summed E-state index contributed by atoms with van der Waals surface area (Å²) in [6.45, 7) is 7.97. The summed E-state index contributed by atoms with van der Waals surface area (Å²) in [4.78, 5) is 12.1. The van der Waals surface area contributed by atoms with E-state index in [1.54, 1.807) is 4.68 Å². The molecule has 0 radical (unpaired) electrons. The van der Waals surface area contributed by atoms with Gasteiger partial charge in [0.25, 0.3) is 5.91 Å². The van der Waals surface area contributed by atoms with Crippen molar-refractivity contribution >= 4 is 5.91 Å². The second kappa shape index (κ2) is 4.14. The van der Waals surface area contributed by atoms with E-state index in [0.717, 1.165) is 24.6 Å². The quantitative estimate of drug-likeness (QED) is 0.846. The second-order valence-corrected chi connectivity index (χ2v) is 5.16. The maximum atomic E-state index is 12.1. The van der Waals surface area contributed by atoms with E-state index < -0.39 is 0 Å². The molecule has 5 heteroatoms. The lowest BCUT2D eigenvalue weighted by Crippen LogP contribution is -2.48. The summed E-state index contributed by atoms with van der Waals surface area (Å²) in [5, 5.41) is 7.21. The summed E-state index contributed by atoms with van der Waals surface area (Å²) in [6.07, 6.45) is 0. The summed E-state index contributed by atoms with van der Waals surface area (Å²) in [5.74, 6) is -0.0405. The van der Waals surface area contributed by atoms with Crippen LogP contribution in [-0.4, -0.2) is 35.4 Å². The molecule has 0 aromatic carbocycles. The van der Waals surface area contributed by atoms with Gasteiger partial charge in [-0.3, -0.25) is 9.48 Å². The predicted molar refractivity (Wildman–Crippen MR) is 63.9 cm³/mol. The van der Waals surface area contributed by atoms with Crippen LogP contribution in [0.1, 0.15) is 28.7 Å². The van der Waals surface area contributed by atoms with E-state index in [1.807, 2.05) is 20.9 Å². The van der Waals surface area contributed by atoms with E-state index in [9.17, 15) is 4.79 Å². The number of aromatic nitrogens is 2. The number of hydrogen-bond acceptors (Lipinski definition) is 3. The third-order valence-corrected chi connectivity index (χ3v) is 3.31. The molecule has 0 spiro atoms. The molecule has 0 aliphatic carbocycles. The average Bonchev–Trinajstić information content (AvgIpc) is 2.47. The number of carbonyl (C=O) groups is 1. The molecule has 0 unspecified atom stereocenters. The van der Waals surface area contributed by atoms with Gasteiger partial charge in [0.15, 0.2) is 0 Å². The lowest BCUT2D eigenvalue weighted by molar-refractivity contribution is -0.0978. The monoisotopic (exact) mass is 237 g/mol. The van der Waals surface area contributed by atoms with Crippen LogP contribution in [0.3, 0.4) is 0 Å². The first kappa shape index (κ1) is 12.1. The normalized spacial score (nSPS) is 17.6. The Bertz CT molecular complexity index is 447. The summed E-state index contributed by atoms with van der Waals surface area (Å²) in [6, 6.07) is 0. The molecule has 0 atom stereocenters. The largest absolute Gasteiger partial charge is 0.380 e. The molecule has 1 saturated heterocycles. The Morgan fingerprint density at radius 1 is 1.53 bits per heavy atom. The fourth-order valence-corrected chi connectivity index (χ4v) is 2.04. The molecule has 1 amide bonds. The van der Waals surface area contributed by atoms with Gasteiger partial charge in [-0.05, 0) is 13.8 Å². The molecule has 2 heterocycles. The van der Waals surface area contributed by atoms with Gasteiger partial charge < -0.3 is 10.1 Å². The Morgan fingerprint density at radius 3 is 2.59 bits per heavy atom. The number of hydrogen-bond donors (Lipinski definition) is 1. The highest BCUT2D eigenvalue weighted by molar-refractivity contribution is 5.96. The van der Waals surface area contributed by atoms with Crippen LogP contribution in [0.25, 0.3) is 0 Å². The first-order valence-electron chi connectivity index (χ1n) is 5.79. The Labute approximate surface area is 101 Å². The average molecular weight is 237 g/mol. The molecule has 1 N–H and O–H groups in total. The van der Waals surface area contributed by atoms with Gasteiger partial charge in [0.1, 0.15) is 0 Å². The summed E-state index contributed by atoms with van der Waals surface area (Å²) in [7, 11) is 1.85. The number of ether oxygens (including phenoxy) is 1. The fourth-order valence-electron chi connectivity index (χ4n) is 2.04. The minimum atomic E-state index is -0.0405. The van der Waals surface area contributed by atoms with Gasteiger partial charge >= 0.3 is 0 Å². The molecule has 1 aromatic rings. The minimum absolute atomic E-state index is 0.0405. The van der Waals surface area contributed by atoms with Crippen LogP contribution in [0.5, 0.6) is 0 Å². The standard InChI is InChI=1S/C12H19N3O2/c1-8-10(9(2)15(4)14-8)11(16)13-5-12(3)6-17-7-12/h5-7H2,1-4H3,(H,13,16). The number of carbonyl (C=O) groups excluding carboxylic acids is 1. The van der Waals surface area contributed by atoms with Crippen molar-refractivity contribution < 1.29 is 9.53 Å². The van der Waals surface area contributed by atoms with Crippen molar-refractivity contribution in [2.45, 2.75) is 20.8 Å². The lowest BCUT2D eigenvalue weighted by Gasteiger charge is -2.38. The fraction of sp³-hybridized carbons (Fsp3) is 0.667. The highest BCUT2D eigenvalue weighted by Gasteiger charge is 2.34. The molecular weight excluding hydrogens is 218 g/mol. The second-order valence-electron chi connectivity index (χ2n) is 5.16. The van der Waals surface area contributed by atoms with Crippen molar-refractivity contribution in [3.05, 3.63) is 17.0 Å². The first-order chi connectivity index (χ1) is 7.93. The van der Waals surface area contributed by atoms with Crippen LogP contribution >= 0.6 is 0 Å². The molecule has 0 saturated carbocycles. The molecular formula is C12H19N3O2. The topological polar surface area (TPSA) is 56.2 Å². The van der Waals surface area contributed by atoms with Crippen molar-refractivity contribution in [1.29, 1.82) is 0 Å². The first-order valence-corrected chi connectivity index (χ1v) is 5.79. The van der Waals surface area contributed by atoms with Crippen molar-refractivity contribution in [1.82, 2.24) is 15.1 Å². The van der Waals surface area contributed by atoms with Gasteiger partial charge in [0.05, 0.1) is 24.5 Å². The number of rotatable bonds is 3. The molecule has 5 nitrogen and oxygen atoms in total. The number of amides is 1. The minimum Gasteiger partial charge on any atom is -0.380 e. The molecule has 17 heavy (non-hydrogen) atoms. The highest BCUT2D eigenvalue weighted by Crippen LogP contribution is 2.25. The van der Waals surface area contributed by atoms with Crippen LogP contribution in [0.2, 0.25) is 0 Å². The maximum absolute atomic E-state index is 12.1. The van der Waals surface area contributed by atoms with Gasteiger partial charge in [-0.2, -0.15) is 5.10 Å². The third kappa shape index (κ3) is 2.20. The van der Waals surface area contributed by atoms with Gasteiger partial charge in [0, 0.05) is 24.7 Å². The zero-order chi connectivity index (χ0) is 12.6. The van der Waals surface area contributed by atoms with Crippen molar-refractivity contribution in [3.8, 4) is 0 Å². The van der Waals surface area contributed by atoms with E-state index in [0.29, 0.717) is 12.1 Å². The maximum Gasteiger partial charge on any atom is 0.255 e. The lowest BCUT2D eigenvalue weighted by atomic mass is 9.88. The Balaban J connectivity index is 2.04. The molecule has 1 aromatic heterocycles. The summed E-state index contributed by atoms with van der Waals surface area (Å²) >= 11 is 0. The summed E-state index contributed by atoms with van der Waals surface area (Å²) < 4.78 is 6.89. The molecule has 1 aliphatic heterocycles. The Kier molecular flexibility index (Phi) is 2.95. The van der Waals surface area contributed by atoms with Crippen molar-refractivity contribution in [2.24, 2.45) is 12.5 Å². The van der Waals surface area contributed by atoms with E-state index in [-0.39, 0.29) is 11.3 Å². The Hall–Kier alpha value is -1.36. The van der Waals surface area contributed by atoms with Crippen molar-refractivity contribution in [2.75, 3.05) is 19.8 Å². The molecule has 2 rings (SSSR count). The van der Waals surface area contributed by atoms with Crippen LogP contribution in [0.4, 0.5) is 0 Å². The van der Waals surface area contributed by atoms with Crippen LogP contribution < -0.4 is 5.32 Å². The number of nitrogens with zero attached hydrogens (tertiary/aromatic N) is 2. The zero-order valence-corrected chi connectivity index (χ0v) is 10.8. The smallest absolute Gasteiger partial charge is 0.255 e. The van der Waals surface area contributed by atoms with Crippen LogP contribution in [0, 0.1) is 19.3 Å². The molecule has 0 bridgehead atoms. The van der Waals surface area contributed by atoms with Gasteiger partial charge in [-0.25, -0.2) is 0 Å². The van der Waals surface area contributed by atoms with E-state index >= 15 is 0 Å². The van der Waals surface area contributed by atoms with E-state index in [2.05, 4.69) is 17.3 Å². The molecule has 1 aliphatic rings. The zero-order valence-electron chi connectivity index (χ0n) is 10.8. The number of nitrogens with one attached hydrogen (secondary N) is 1. The summed E-state index contributed by atoms with van der Waals surface area (Å²) in [5.41, 5.74) is 2.46. The SMILES string of the molecule is Cc1nn(C)c(C)c1C(=O)NCC1(C)COC1. The predicted octanol–water partition coefficient (Wildman–Crippen LogP) is 0.803. The van der Waals surface area contributed by atoms with E-state index in [4.69, 9.17) is 4.74 Å². The van der Waals surface area contributed by atoms with Gasteiger partial charge in [-0.15, -0.1) is 0 Å². The van der Waals surface area contributed by atoms with Gasteiger partial charge in [0.2, 0.25) is 0 Å². The Morgan fingerprint density at radius 2 is 2.18 bits per heavy atom. The van der Waals surface area contributed by atoms with Gasteiger partial charge in [-0.1, -0.05) is 6.92 Å². The molecule has 1 fully saturated rings. The van der Waals surface area contributed by atoms with E-state index in [1.165, 1.54) is 0 Å². The molecule has 94 valence electrons. The third-order valence-electron chi connectivity index (χ3n) is 3.31. The van der Waals surface area contributed by atoms with Crippen LogP contribution in [-0.2, 0) is 11.8 Å². The van der Waals surface area contributed by atoms with Crippen LogP contribution in [0.15, 0.2) is 0 Å². The number of aryl methyl sites for hydroxylation is 2. The highest BCUT2D eigenvalue weighted by atomic mass is 16.5. The van der Waals surface area contributed by atoms with Crippen molar-refractivity contribution in [3.63, 3.8) is 0 Å².